The first-order chi connectivity index (χ1) is 7.06. The summed E-state index contributed by atoms with van der Waals surface area (Å²) in [6.07, 6.45) is 1.78. The molecule has 1 heterocycles. The Morgan fingerprint density at radius 1 is 1.53 bits per heavy atom. The van der Waals surface area contributed by atoms with Crippen LogP contribution in [0.1, 0.15) is 22.5 Å². The van der Waals surface area contributed by atoms with E-state index >= 15 is 0 Å². The van der Waals surface area contributed by atoms with Crippen LogP contribution in [0.2, 0.25) is 0 Å². The van der Waals surface area contributed by atoms with E-state index in [1.807, 2.05) is 6.07 Å². The number of rotatable bonds is 2. The highest BCUT2D eigenvalue weighted by Crippen LogP contribution is 2.32. The van der Waals surface area contributed by atoms with Crippen LogP contribution >= 0.6 is 43.2 Å². The van der Waals surface area contributed by atoms with Crippen LogP contribution < -0.4 is 11.1 Å². The van der Waals surface area contributed by atoms with Crippen molar-refractivity contribution in [1.29, 1.82) is 0 Å². The van der Waals surface area contributed by atoms with Gasteiger partial charge in [0.05, 0.1) is 8.66 Å². The molecule has 82 valence electrons. The van der Waals surface area contributed by atoms with Gasteiger partial charge in [-0.2, -0.15) is 0 Å². The second kappa shape index (κ2) is 4.53. The molecule has 0 radical (unpaired) electrons. The van der Waals surface area contributed by atoms with Gasteiger partial charge in [0, 0.05) is 16.6 Å². The summed E-state index contributed by atoms with van der Waals surface area (Å²) < 4.78 is 1.86. The van der Waals surface area contributed by atoms with Crippen LogP contribution in [-0.4, -0.2) is 18.0 Å². The molecule has 1 aromatic rings. The molecule has 0 bridgehead atoms. The van der Waals surface area contributed by atoms with E-state index in [0.717, 1.165) is 21.1 Å². The predicted octanol–water partition coefficient (Wildman–Crippen LogP) is 2.49. The zero-order valence-corrected chi connectivity index (χ0v) is 11.8. The van der Waals surface area contributed by atoms with Crippen molar-refractivity contribution in [2.45, 2.75) is 24.9 Å². The Morgan fingerprint density at radius 2 is 2.20 bits per heavy atom. The number of hydrogen-bond acceptors (Lipinski definition) is 3. The van der Waals surface area contributed by atoms with Gasteiger partial charge in [0.2, 0.25) is 0 Å². The van der Waals surface area contributed by atoms with Crippen LogP contribution in [0.5, 0.6) is 0 Å². The molecule has 1 fully saturated rings. The minimum absolute atomic E-state index is 0.0108. The van der Waals surface area contributed by atoms with Crippen molar-refractivity contribution >= 4 is 49.1 Å². The Kier molecular flexibility index (Phi) is 3.49. The molecule has 1 saturated carbocycles. The first kappa shape index (κ1) is 11.6. The monoisotopic (exact) mass is 352 g/mol. The van der Waals surface area contributed by atoms with E-state index in [0.29, 0.717) is 4.88 Å². The molecule has 0 saturated heterocycles. The molecule has 0 spiro atoms. The van der Waals surface area contributed by atoms with Crippen LogP contribution in [0.3, 0.4) is 0 Å². The lowest BCUT2D eigenvalue weighted by atomic mass is 9.87. The average molecular weight is 354 g/mol. The van der Waals surface area contributed by atoms with Gasteiger partial charge >= 0.3 is 0 Å². The molecule has 0 unspecified atom stereocenters. The summed E-state index contributed by atoms with van der Waals surface area (Å²) in [5.41, 5.74) is 5.65. The van der Waals surface area contributed by atoms with E-state index in [2.05, 4.69) is 37.2 Å². The third-order valence-corrected chi connectivity index (χ3v) is 5.63. The van der Waals surface area contributed by atoms with E-state index in [1.165, 1.54) is 11.3 Å². The van der Waals surface area contributed by atoms with Gasteiger partial charge in [0.25, 0.3) is 5.91 Å². The molecule has 2 rings (SSSR count). The normalized spacial score (nSPS) is 24.7. The van der Waals surface area contributed by atoms with Crippen LogP contribution in [0.15, 0.2) is 14.3 Å². The standard InChI is InChI=1S/C9H10Br2N2OS/c10-6-3-7(15-8(6)11)9(14)13-5-1-4(12)2-5/h3-5H,1-2,12H2,(H,13,14). The first-order valence-electron chi connectivity index (χ1n) is 4.57. The second-order valence-corrected chi connectivity index (χ2v) is 6.86. The van der Waals surface area contributed by atoms with Crippen molar-refractivity contribution < 1.29 is 4.79 Å². The zero-order chi connectivity index (χ0) is 11.0. The average Bonchev–Trinajstić information content (AvgIpc) is 2.44. The summed E-state index contributed by atoms with van der Waals surface area (Å²) >= 11 is 8.14. The summed E-state index contributed by atoms with van der Waals surface area (Å²) in [5, 5.41) is 2.95. The van der Waals surface area contributed by atoms with Crippen LogP contribution in [0, 0.1) is 0 Å². The van der Waals surface area contributed by atoms with Gasteiger partial charge in [-0.1, -0.05) is 0 Å². The molecule has 0 aliphatic heterocycles. The maximum atomic E-state index is 11.7. The highest BCUT2D eigenvalue weighted by Gasteiger charge is 2.27. The Morgan fingerprint density at radius 3 is 2.67 bits per heavy atom. The number of carbonyl (C=O) groups excluding carboxylic acids is 1. The Balaban J connectivity index is 1.96. The highest BCUT2D eigenvalue weighted by molar-refractivity contribution is 9.13. The van der Waals surface area contributed by atoms with Crippen molar-refractivity contribution in [2.75, 3.05) is 0 Å². The largest absolute Gasteiger partial charge is 0.348 e. The van der Waals surface area contributed by atoms with Crippen molar-refractivity contribution in [3.8, 4) is 0 Å². The summed E-state index contributed by atoms with van der Waals surface area (Å²) in [7, 11) is 0. The molecule has 3 nitrogen and oxygen atoms in total. The molecule has 1 aromatic heterocycles. The van der Waals surface area contributed by atoms with Gasteiger partial charge in [-0.25, -0.2) is 0 Å². The third kappa shape index (κ3) is 2.61. The fourth-order valence-electron chi connectivity index (χ4n) is 1.49. The lowest BCUT2D eigenvalue weighted by Crippen LogP contribution is -2.50. The smallest absolute Gasteiger partial charge is 0.261 e. The molecular weight excluding hydrogens is 344 g/mol. The summed E-state index contributed by atoms with van der Waals surface area (Å²) in [6.45, 7) is 0. The van der Waals surface area contributed by atoms with E-state index in [9.17, 15) is 4.79 Å². The molecule has 1 aliphatic carbocycles. The topological polar surface area (TPSA) is 55.1 Å². The lowest BCUT2D eigenvalue weighted by Gasteiger charge is -2.32. The molecular formula is C9H10Br2N2OS. The molecule has 0 atom stereocenters. The number of amides is 1. The second-order valence-electron chi connectivity index (χ2n) is 3.63. The molecule has 6 heteroatoms. The SMILES string of the molecule is NC1CC(NC(=O)c2cc(Br)c(Br)s2)C1. The predicted molar refractivity (Wildman–Crippen MR) is 68.2 cm³/mol. The van der Waals surface area contributed by atoms with Crippen molar-refractivity contribution in [2.24, 2.45) is 5.73 Å². The third-order valence-electron chi connectivity index (χ3n) is 2.38. The zero-order valence-electron chi connectivity index (χ0n) is 7.80. The maximum absolute atomic E-state index is 11.7. The highest BCUT2D eigenvalue weighted by atomic mass is 79.9. The Hall–Kier alpha value is 0.0900. The Bertz CT molecular complexity index is 368. The van der Waals surface area contributed by atoms with E-state index in [1.54, 1.807) is 0 Å². The van der Waals surface area contributed by atoms with E-state index in [-0.39, 0.29) is 18.0 Å². The van der Waals surface area contributed by atoms with Crippen molar-refractivity contribution in [1.82, 2.24) is 5.32 Å². The summed E-state index contributed by atoms with van der Waals surface area (Å²) in [6, 6.07) is 2.34. The molecule has 15 heavy (non-hydrogen) atoms. The van der Waals surface area contributed by atoms with Crippen molar-refractivity contribution in [3.63, 3.8) is 0 Å². The number of hydrogen-bond donors (Lipinski definition) is 2. The van der Waals surface area contributed by atoms with Gasteiger partial charge in [-0.05, 0) is 50.8 Å². The molecule has 0 aromatic carbocycles. The van der Waals surface area contributed by atoms with Gasteiger partial charge in [0.15, 0.2) is 0 Å². The minimum atomic E-state index is -0.0108. The maximum Gasteiger partial charge on any atom is 0.261 e. The molecule has 1 amide bonds. The van der Waals surface area contributed by atoms with Gasteiger partial charge in [-0.15, -0.1) is 11.3 Å². The number of nitrogens with two attached hydrogens (primary N) is 1. The Labute approximate surface area is 109 Å². The molecule has 1 aliphatic rings. The first-order valence-corrected chi connectivity index (χ1v) is 6.98. The fraction of sp³-hybridized carbons (Fsp3) is 0.444. The minimum Gasteiger partial charge on any atom is -0.348 e. The number of halogens is 2. The van der Waals surface area contributed by atoms with E-state index < -0.39 is 0 Å². The van der Waals surface area contributed by atoms with Gasteiger partial charge < -0.3 is 11.1 Å². The number of nitrogens with one attached hydrogen (secondary N) is 1. The van der Waals surface area contributed by atoms with Gasteiger partial charge in [0.1, 0.15) is 0 Å². The summed E-state index contributed by atoms with van der Waals surface area (Å²) in [5.74, 6) is -0.0108. The fourth-order valence-corrected chi connectivity index (χ4v) is 3.43. The van der Waals surface area contributed by atoms with Crippen LogP contribution in [0.4, 0.5) is 0 Å². The quantitative estimate of drug-likeness (QED) is 0.858. The summed E-state index contributed by atoms with van der Waals surface area (Å²) in [4.78, 5) is 12.5. The number of carbonyl (C=O) groups is 1. The van der Waals surface area contributed by atoms with Crippen molar-refractivity contribution in [3.05, 3.63) is 19.2 Å². The van der Waals surface area contributed by atoms with E-state index in [4.69, 9.17) is 5.73 Å². The molecule has 3 N–H and O–H groups in total. The van der Waals surface area contributed by atoms with Crippen LogP contribution in [-0.2, 0) is 0 Å². The van der Waals surface area contributed by atoms with Crippen LogP contribution in [0.25, 0.3) is 0 Å². The number of thiophene rings is 1. The van der Waals surface area contributed by atoms with Gasteiger partial charge in [-0.3, -0.25) is 4.79 Å². The lowest BCUT2D eigenvalue weighted by molar-refractivity contribution is 0.0914.